The molecule has 1 rings (SSSR count). The molecule has 1 heterocycles. The van der Waals surface area contributed by atoms with Crippen molar-refractivity contribution in [1.82, 2.24) is 3.11 Å². The first-order valence-electron chi connectivity index (χ1n) is 6.00. The van der Waals surface area contributed by atoms with Crippen molar-refractivity contribution < 1.29 is 4.74 Å². The number of hydrogen-bond acceptors (Lipinski definition) is 3. The lowest BCUT2D eigenvalue weighted by Crippen LogP contribution is -2.37. The first kappa shape index (κ1) is 15.4. The van der Waals surface area contributed by atoms with Gasteiger partial charge in [-0.2, -0.15) is 11.8 Å². The summed E-state index contributed by atoms with van der Waals surface area (Å²) < 4.78 is 8.12. The molecule has 0 aromatic rings. The minimum atomic E-state index is 0.638. The van der Waals surface area contributed by atoms with Crippen molar-refractivity contribution >= 4 is 34.6 Å². The normalized spacial score (nSPS) is 25.5. The predicted molar refractivity (Wildman–Crippen MR) is 85.5 cm³/mol. The van der Waals surface area contributed by atoms with Crippen LogP contribution in [0, 0.1) is 5.92 Å². The Kier molecular flexibility index (Phi) is 7.62. The molecule has 0 aromatic heterocycles. The van der Waals surface area contributed by atoms with E-state index in [0.717, 1.165) is 37.0 Å². The summed E-state index contributed by atoms with van der Waals surface area (Å²) in [5.41, 5.74) is 0. The molecule has 0 aliphatic carbocycles. The lowest BCUT2D eigenvalue weighted by molar-refractivity contribution is 0.132. The third-order valence-corrected chi connectivity index (χ3v) is 4.73. The smallest absolute Gasteiger partial charge is 0.0918 e. The zero-order valence-corrected chi connectivity index (χ0v) is 13.5. The lowest BCUT2D eigenvalue weighted by atomic mass is 10.0. The number of allylic oxidation sites excluding steroid dienone is 2. The molecule has 1 saturated heterocycles. The van der Waals surface area contributed by atoms with Gasteiger partial charge in [-0.3, -0.25) is 0 Å². The van der Waals surface area contributed by atoms with Crippen LogP contribution in [0.15, 0.2) is 25.0 Å². The molecule has 1 aliphatic rings. The van der Waals surface area contributed by atoms with Gasteiger partial charge in [0.2, 0.25) is 0 Å². The second kappa shape index (κ2) is 8.43. The zero-order chi connectivity index (χ0) is 12.7. The van der Waals surface area contributed by atoms with Crippen molar-refractivity contribution in [3.63, 3.8) is 0 Å². The fraction of sp³-hybridized carbons (Fsp3) is 0.692. The summed E-state index contributed by atoms with van der Waals surface area (Å²) in [6.07, 6.45) is 7.22. The van der Waals surface area contributed by atoms with Crippen LogP contribution < -0.4 is 0 Å². The van der Waals surface area contributed by atoms with E-state index in [2.05, 4.69) is 45.4 Å². The Bertz CT molecular complexity index is 260. The number of rotatable bonds is 7. The number of nitrogens with zero attached hydrogens (tertiary/aromatic N) is 1. The molecule has 0 radical (unpaired) electrons. The highest BCUT2D eigenvalue weighted by Gasteiger charge is 2.25. The number of hydrogen-bond donors (Lipinski definition) is 0. The Labute approximate surface area is 123 Å². The molecule has 17 heavy (non-hydrogen) atoms. The van der Waals surface area contributed by atoms with Crippen molar-refractivity contribution in [2.75, 3.05) is 26.0 Å². The highest BCUT2D eigenvalue weighted by Crippen LogP contribution is 2.27. The fourth-order valence-corrected chi connectivity index (χ4v) is 4.05. The van der Waals surface area contributed by atoms with Crippen molar-refractivity contribution in [2.24, 2.45) is 5.92 Å². The minimum absolute atomic E-state index is 0.638. The van der Waals surface area contributed by atoms with E-state index < -0.39 is 0 Å². The average Bonchev–Trinajstić information content (AvgIpc) is 2.33. The third-order valence-electron chi connectivity index (χ3n) is 2.94. The Morgan fingerprint density at radius 3 is 3.00 bits per heavy atom. The van der Waals surface area contributed by atoms with E-state index in [0.29, 0.717) is 5.92 Å². The van der Waals surface area contributed by atoms with Crippen molar-refractivity contribution in [3.05, 3.63) is 25.0 Å². The number of piperidine rings is 1. The Balaban J connectivity index is 2.25. The molecule has 4 heteroatoms. The molecule has 0 N–H and O–H groups in total. The Morgan fingerprint density at radius 2 is 2.35 bits per heavy atom. The molecule has 0 aromatic carbocycles. The summed E-state index contributed by atoms with van der Waals surface area (Å²) in [6.45, 7) is 10.8. The monoisotopic (exact) mass is 367 g/mol. The van der Waals surface area contributed by atoms with E-state index in [4.69, 9.17) is 4.74 Å². The fourth-order valence-electron chi connectivity index (χ4n) is 1.96. The molecule has 0 saturated carbocycles. The molecular weight excluding hydrogens is 345 g/mol. The van der Waals surface area contributed by atoms with E-state index in [1.807, 2.05) is 17.8 Å². The average molecular weight is 367 g/mol. The van der Waals surface area contributed by atoms with Crippen LogP contribution in [0.2, 0.25) is 0 Å². The number of ether oxygens (including phenoxy) is 1. The topological polar surface area (TPSA) is 12.5 Å². The molecule has 0 amide bonds. The standard InChI is InChI=1S/C13H22INOS/c1-4-5-6-11(2)16-10-12-7-13(17-3)9-15(14)8-12/h4,12-13H,1-2,5-10H2,3H3. The molecule has 98 valence electrons. The molecule has 2 nitrogen and oxygen atoms in total. The van der Waals surface area contributed by atoms with E-state index >= 15 is 0 Å². The molecular formula is C13H22INOS. The number of halogens is 1. The van der Waals surface area contributed by atoms with Crippen LogP contribution in [-0.2, 0) is 4.74 Å². The van der Waals surface area contributed by atoms with E-state index in [9.17, 15) is 0 Å². The highest BCUT2D eigenvalue weighted by atomic mass is 127. The van der Waals surface area contributed by atoms with Gasteiger partial charge in [-0.25, -0.2) is 3.11 Å². The van der Waals surface area contributed by atoms with Crippen LogP contribution in [0.5, 0.6) is 0 Å². The van der Waals surface area contributed by atoms with Crippen LogP contribution in [-0.4, -0.2) is 34.3 Å². The Morgan fingerprint density at radius 1 is 1.59 bits per heavy atom. The van der Waals surface area contributed by atoms with Gasteiger partial charge in [0.05, 0.1) is 12.4 Å². The van der Waals surface area contributed by atoms with E-state index in [-0.39, 0.29) is 0 Å². The lowest BCUT2D eigenvalue weighted by Gasteiger charge is -2.33. The molecule has 1 fully saturated rings. The second-order valence-electron chi connectivity index (χ2n) is 4.46. The van der Waals surface area contributed by atoms with Gasteiger partial charge in [-0.15, -0.1) is 6.58 Å². The third kappa shape index (κ3) is 6.15. The first-order chi connectivity index (χ1) is 8.15. The van der Waals surface area contributed by atoms with Crippen molar-refractivity contribution in [1.29, 1.82) is 0 Å². The Hall–Kier alpha value is 0.320. The van der Waals surface area contributed by atoms with Crippen LogP contribution >= 0.6 is 34.6 Å². The van der Waals surface area contributed by atoms with Gasteiger partial charge >= 0.3 is 0 Å². The summed E-state index contributed by atoms with van der Waals surface area (Å²) in [5.74, 6) is 1.54. The molecule has 0 bridgehead atoms. The van der Waals surface area contributed by atoms with Gasteiger partial charge in [0, 0.05) is 53.5 Å². The largest absolute Gasteiger partial charge is 0.498 e. The molecule has 0 spiro atoms. The number of thioether (sulfide) groups is 1. The van der Waals surface area contributed by atoms with Gasteiger partial charge in [0.25, 0.3) is 0 Å². The summed E-state index contributed by atoms with van der Waals surface area (Å²) in [4.78, 5) is 0. The highest BCUT2D eigenvalue weighted by molar-refractivity contribution is 14.1. The molecule has 2 atom stereocenters. The van der Waals surface area contributed by atoms with Crippen LogP contribution in [0.1, 0.15) is 19.3 Å². The van der Waals surface area contributed by atoms with Gasteiger partial charge in [0.15, 0.2) is 0 Å². The minimum Gasteiger partial charge on any atom is -0.498 e. The maximum absolute atomic E-state index is 5.74. The van der Waals surface area contributed by atoms with Crippen LogP contribution in [0.4, 0.5) is 0 Å². The van der Waals surface area contributed by atoms with Gasteiger partial charge in [-0.05, 0) is 19.1 Å². The summed E-state index contributed by atoms with van der Waals surface area (Å²) in [6, 6.07) is 0. The summed E-state index contributed by atoms with van der Waals surface area (Å²) >= 11 is 4.38. The molecule has 1 aliphatic heterocycles. The SMILES string of the molecule is C=CCCC(=C)OCC1CC(SC)CN(I)C1. The zero-order valence-electron chi connectivity index (χ0n) is 10.5. The first-order valence-corrected chi connectivity index (χ1v) is 8.26. The van der Waals surface area contributed by atoms with Gasteiger partial charge < -0.3 is 4.74 Å². The second-order valence-corrected chi connectivity index (χ2v) is 6.97. The predicted octanol–water partition coefficient (Wildman–Crippen LogP) is 3.89. The maximum Gasteiger partial charge on any atom is 0.0918 e. The van der Waals surface area contributed by atoms with E-state index in [1.54, 1.807) is 0 Å². The van der Waals surface area contributed by atoms with E-state index in [1.165, 1.54) is 13.0 Å². The van der Waals surface area contributed by atoms with Gasteiger partial charge in [0.1, 0.15) is 0 Å². The summed E-state index contributed by atoms with van der Waals surface area (Å²) in [7, 11) is 0. The quantitative estimate of drug-likeness (QED) is 0.293. The van der Waals surface area contributed by atoms with Crippen LogP contribution in [0.3, 0.4) is 0 Å². The van der Waals surface area contributed by atoms with Crippen molar-refractivity contribution in [2.45, 2.75) is 24.5 Å². The molecule has 2 unspecified atom stereocenters. The van der Waals surface area contributed by atoms with Crippen LogP contribution in [0.25, 0.3) is 0 Å². The van der Waals surface area contributed by atoms with Crippen molar-refractivity contribution in [3.8, 4) is 0 Å². The van der Waals surface area contributed by atoms with Gasteiger partial charge in [-0.1, -0.05) is 12.7 Å². The summed E-state index contributed by atoms with van der Waals surface area (Å²) in [5, 5.41) is 0.746. The maximum atomic E-state index is 5.74.